The van der Waals surface area contributed by atoms with E-state index in [-0.39, 0.29) is 17.2 Å². The third-order valence-electron chi connectivity index (χ3n) is 11.4. The number of esters is 1. The predicted octanol–water partition coefficient (Wildman–Crippen LogP) is 13.0. The van der Waals surface area contributed by atoms with Crippen molar-refractivity contribution in [1.29, 1.82) is 0 Å². The van der Waals surface area contributed by atoms with Gasteiger partial charge in [-0.15, -0.1) is 0 Å². The average molecular weight is 814 g/mol. The number of carbonyl (C=O) groups excluding carboxylic acids is 2. The van der Waals surface area contributed by atoms with E-state index < -0.39 is 11.4 Å². The van der Waals surface area contributed by atoms with Crippen molar-refractivity contribution >= 4 is 48.5 Å². The second-order valence-electron chi connectivity index (χ2n) is 16.1. The second kappa shape index (κ2) is 21.3. The molecule has 5 heteroatoms. The van der Waals surface area contributed by atoms with Gasteiger partial charge in [0.25, 0.3) is 0 Å². The molecular formula is C49H66BrO3P. The van der Waals surface area contributed by atoms with Crippen LogP contribution in [0.3, 0.4) is 0 Å². The summed E-state index contributed by atoms with van der Waals surface area (Å²) in [5.74, 6) is -0.318. The van der Waals surface area contributed by atoms with Gasteiger partial charge in [0.15, 0.2) is 0 Å². The Bertz CT molecular complexity index is 1610. The van der Waals surface area contributed by atoms with Crippen molar-refractivity contribution in [3.8, 4) is 0 Å². The Morgan fingerprint density at radius 1 is 0.741 bits per heavy atom. The molecule has 0 unspecified atom stereocenters. The monoisotopic (exact) mass is 812 g/mol. The molecule has 0 radical (unpaired) electrons. The van der Waals surface area contributed by atoms with Crippen LogP contribution in [-0.2, 0) is 14.3 Å². The maximum absolute atomic E-state index is 13.6. The normalized spacial score (nSPS) is 17.1. The van der Waals surface area contributed by atoms with Crippen LogP contribution in [0.2, 0.25) is 0 Å². The maximum atomic E-state index is 13.6. The van der Waals surface area contributed by atoms with Crippen LogP contribution in [0.4, 0.5) is 0 Å². The molecular weight excluding hydrogens is 747 g/mol. The molecule has 4 rings (SSSR count). The van der Waals surface area contributed by atoms with Gasteiger partial charge in [-0.1, -0.05) is 84.0 Å². The number of ether oxygens (including phenoxy) is 1. The fraction of sp³-hybridized carbons (Fsp3) is 0.469. The SMILES string of the molecule is CCCCCCCCCCCCCCCC(=O)O[C@H]1CC(C)(C)C(C=CC(C)=CCP(Br)(c2ccccc2)(c2ccccc2)c2ccccc2)=C(C)C1=O. The topological polar surface area (TPSA) is 43.4 Å². The number of hydrogen-bond donors (Lipinski definition) is 0. The number of rotatable bonds is 22. The van der Waals surface area contributed by atoms with Gasteiger partial charge in [0.1, 0.15) is 0 Å². The van der Waals surface area contributed by atoms with E-state index in [4.69, 9.17) is 4.74 Å². The van der Waals surface area contributed by atoms with Crippen LogP contribution < -0.4 is 15.9 Å². The van der Waals surface area contributed by atoms with Crippen molar-refractivity contribution in [2.24, 2.45) is 5.41 Å². The molecule has 0 amide bonds. The van der Waals surface area contributed by atoms with Crippen molar-refractivity contribution < 1.29 is 14.3 Å². The van der Waals surface area contributed by atoms with Crippen LogP contribution in [-0.4, -0.2) is 24.0 Å². The van der Waals surface area contributed by atoms with E-state index in [1.54, 1.807) is 0 Å². The molecule has 1 aliphatic rings. The van der Waals surface area contributed by atoms with Gasteiger partial charge >= 0.3 is 247 Å². The van der Waals surface area contributed by atoms with Gasteiger partial charge in [0.2, 0.25) is 0 Å². The Kier molecular flexibility index (Phi) is 17.2. The number of Topliss-reactive ketones (excluding diaryl/α,β-unsaturated/α-hetero) is 1. The summed E-state index contributed by atoms with van der Waals surface area (Å²) in [4.78, 5) is 26.4. The van der Waals surface area contributed by atoms with Crippen LogP contribution in [0, 0.1) is 5.41 Å². The number of hydrogen-bond acceptors (Lipinski definition) is 3. The fourth-order valence-corrected chi connectivity index (χ4v) is 15.2. The molecule has 0 N–H and O–H groups in total. The number of ketones is 1. The number of unbranched alkanes of at least 4 members (excludes halogenated alkanes) is 12. The van der Waals surface area contributed by atoms with Crippen molar-refractivity contribution in [2.75, 3.05) is 6.16 Å². The predicted molar refractivity (Wildman–Crippen MR) is 238 cm³/mol. The molecule has 0 saturated carbocycles. The summed E-state index contributed by atoms with van der Waals surface area (Å²) < 4.78 is 5.84. The fourth-order valence-electron chi connectivity index (χ4n) is 8.08. The first-order valence-corrected chi connectivity index (χ1v) is 25.1. The van der Waals surface area contributed by atoms with E-state index in [1.165, 1.54) is 80.1 Å². The molecule has 0 aliphatic heterocycles. The molecule has 1 atom stereocenters. The number of halogens is 1. The summed E-state index contributed by atoms with van der Waals surface area (Å²) in [7, 11) is 0. The van der Waals surface area contributed by atoms with Gasteiger partial charge in [0, 0.05) is 0 Å². The van der Waals surface area contributed by atoms with Crippen LogP contribution in [0.15, 0.2) is 126 Å². The Labute approximate surface area is 335 Å². The van der Waals surface area contributed by atoms with E-state index in [9.17, 15) is 9.59 Å². The molecule has 1 aliphatic carbocycles. The van der Waals surface area contributed by atoms with Gasteiger partial charge in [0.05, 0.1) is 0 Å². The first-order chi connectivity index (χ1) is 26.0. The molecule has 54 heavy (non-hydrogen) atoms. The van der Waals surface area contributed by atoms with Gasteiger partial charge in [-0.3, -0.25) is 0 Å². The molecule has 3 aromatic carbocycles. The van der Waals surface area contributed by atoms with E-state index in [0.717, 1.165) is 36.6 Å². The molecule has 0 saturated heterocycles. The van der Waals surface area contributed by atoms with Gasteiger partial charge in [-0.05, 0) is 6.42 Å². The Balaban J connectivity index is 1.37. The molecule has 0 spiro atoms. The van der Waals surface area contributed by atoms with Crippen molar-refractivity contribution in [2.45, 2.75) is 137 Å². The number of carbonyl (C=O) groups is 2. The quantitative estimate of drug-likeness (QED) is 0.0439. The summed E-state index contributed by atoms with van der Waals surface area (Å²) in [6.45, 7) is 10.6. The summed E-state index contributed by atoms with van der Waals surface area (Å²) in [5.41, 5.74) is 2.50. The minimum atomic E-state index is -3.09. The summed E-state index contributed by atoms with van der Waals surface area (Å²) in [6.07, 6.45) is 24.0. The summed E-state index contributed by atoms with van der Waals surface area (Å²) in [6, 6.07) is 32.5. The van der Waals surface area contributed by atoms with Crippen LogP contribution in [0.25, 0.3) is 0 Å². The van der Waals surface area contributed by atoms with E-state index in [1.807, 2.05) is 6.92 Å². The van der Waals surface area contributed by atoms with Crippen molar-refractivity contribution in [3.05, 3.63) is 126 Å². The van der Waals surface area contributed by atoms with Crippen LogP contribution in [0.1, 0.15) is 131 Å². The Morgan fingerprint density at radius 3 is 1.61 bits per heavy atom. The minimum absolute atomic E-state index is 0.0723. The molecule has 0 bridgehead atoms. The zero-order valence-corrected chi connectivity index (χ0v) is 36.3. The average Bonchev–Trinajstić information content (AvgIpc) is 3.18. The van der Waals surface area contributed by atoms with Crippen molar-refractivity contribution in [1.82, 2.24) is 0 Å². The van der Waals surface area contributed by atoms with Gasteiger partial charge in [-0.2, -0.15) is 0 Å². The second-order valence-corrected chi connectivity index (χ2v) is 25.1. The molecule has 292 valence electrons. The number of allylic oxidation sites excluding steroid dienone is 5. The molecule has 3 aromatic rings. The van der Waals surface area contributed by atoms with Gasteiger partial charge in [-0.25, -0.2) is 0 Å². The zero-order valence-electron chi connectivity index (χ0n) is 33.8. The van der Waals surface area contributed by atoms with Crippen molar-refractivity contribution in [3.63, 3.8) is 0 Å². The van der Waals surface area contributed by atoms with E-state index in [0.29, 0.717) is 18.4 Å². The third kappa shape index (κ3) is 11.5. The summed E-state index contributed by atoms with van der Waals surface area (Å²) >= 11 is 4.55. The Hall–Kier alpha value is -3.07. The van der Waals surface area contributed by atoms with Crippen LogP contribution >= 0.6 is 20.8 Å². The van der Waals surface area contributed by atoms with Crippen LogP contribution in [0.5, 0.6) is 0 Å². The molecule has 0 aromatic heterocycles. The first kappa shape index (κ1) is 43.7. The standard InChI is InChI=1S/C49H66BrO3P/c1-6-7-8-9-10-11-12-13-14-15-16-17-27-34-47(51)53-46-39-49(4,5)45(41(3)48(46)52)36-35-40(2)37-38-54(50,42-28-21-18-22-29-42,43-30-23-19-24-31-43)44-32-25-20-26-33-44/h18-26,28-33,35-37,46H,6-17,27,34,38-39H2,1-5H3/t46-/m0/s1. The molecule has 0 fully saturated rings. The molecule has 0 heterocycles. The Morgan fingerprint density at radius 2 is 1.17 bits per heavy atom. The van der Waals surface area contributed by atoms with Gasteiger partial charge < -0.3 is 0 Å². The number of benzene rings is 3. The summed E-state index contributed by atoms with van der Waals surface area (Å²) in [5, 5.41) is 0.742. The third-order valence-corrected chi connectivity index (χ3v) is 20.9. The first-order valence-electron chi connectivity index (χ1n) is 20.7. The molecule has 3 nitrogen and oxygen atoms in total. The van der Waals surface area contributed by atoms with E-state index >= 15 is 0 Å². The zero-order chi connectivity index (χ0) is 38.9. The van der Waals surface area contributed by atoms with E-state index in [2.05, 4.69) is 152 Å².